The molecule has 3 atom stereocenters. The summed E-state index contributed by atoms with van der Waals surface area (Å²) in [5.41, 5.74) is -0.946. The number of hydrogen-bond acceptors (Lipinski definition) is 6. The van der Waals surface area contributed by atoms with E-state index in [4.69, 9.17) is 4.78 Å². The van der Waals surface area contributed by atoms with E-state index in [1.54, 1.807) is 4.90 Å². The number of halogens is 2. The number of nitrogens with zero attached hydrogens (tertiary/aromatic N) is 4. The van der Waals surface area contributed by atoms with Gasteiger partial charge >= 0.3 is 6.03 Å². The molecule has 2 saturated heterocycles. The maximum absolute atomic E-state index is 14.8. The van der Waals surface area contributed by atoms with E-state index >= 15 is 0 Å². The highest BCUT2D eigenvalue weighted by atomic mass is 32.2. The Balaban J connectivity index is 1.26. The van der Waals surface area contributed by atoms with Gasteiger partial charge in [0.2, 0.25) is 0 Å². The molecule has 228 valence electrons. The Hall–Kier alpha value is -3.64. The lowest BCUT2D eigenvalue weighted by atomic mass is 9.66. The van der Waals surface area contributed by atoms with Crippen LogP contribution in [0.15, 0.2) is 65.7 Å². The van der Waals surface area contributed by atoms with Crippen molar-refractivity contribution in [1.82, 2.24) is 19.4 Å². The maximum Gasteiger partial charge on any atom is 0.320 e. The second kappa shape index (κ2) is 11.1. The third-order valence-electron chi connectivity index (χ3n) is 9.52. The molecule has 3 heterocycles. The Morgan fingerprint density at radius 3 is 2.53 bits per heavy atom. The topological polar surface area (TPSA) is 120 Å². The molecule has 2 aliphatic heterocycles. The number of likely N-dealkylation sites (tertiary alicyclic amines) is 1. The Kier molecular flexibility index (Phi) is 7.62. The first kappa shape index (κ1) is 29.4. The largest absolute Gasteiger partial charge is 0.387 e. The average molecular weight is 612 g/mol. The SMILES string of the molecule is N=S1(=O)CCN(C(=O)N2CC[C@@](O)(Cn3cnc(-c4ccccc4)cc3=O)C3(CCCC3)C2)[C@H](c2cc(F)ccc2F)C1. The molecule has 2 amide bonds. The first-order chi connectivity index (χ1) is 20.5. The summed E-state index contributed by atoms with van der Waals surface area (Å²) < 4.78 is 51.3. The molecule has 0 bridgehead atoms. The number of urea groups is 1. The van der Waals surface area contributed by atoms with E-state index in [1.807, 2.05) is 30.3 Å². The minimum absolute atomic E-state index is 0.0234. The normalized spacial score (nSPS) is 27.0. The molecule has 1 spiro atoms. The van der Waals surface area contributed by atoms with Gasteiger partial charge in [0, 0.05) is 57.7 Å². The van der Waals surface area contributed by atoms with E-state index in [0.29, 0.717) is 18.5 Å². The van der Waals surface area contributed by atoms with Crippen LogP contribution >= 0.6 is 0 Å². The standard InChI is InChI=1S/C31H35F2N5O4S/c32-23-8-9-25(33)24(16-23)27-18-43(34,42)15-14-38(27)29(40)36-13-12-31(41,30(19-36)10-4-5-11-30)20-37-21-35-26(17-28(37)39)22-6-2-1-3-7-22/h1-3,6-9,16-17,21,27,34,41H,4-5,10-15,18-20H2/t27-,31+,43?/m0/s1. The van der Waals surface area contributed by atoms with Gasteiger partial charge in [-0.2, -0.15) is 0 Å². The second-order valence-corrected chi connectivity index (χ2v) is 14.5. The molecule has 6 rings (SSSR count). The van der Waals surface area contributed by atoms with E-state index in [2.05, 4.69) is 4.98 Å². The van der Waals surface area contributed by atoms with E-state index < -0.39 is 44.5 Å². The minimum atomic E-state index is -3.09. The third-order valence-corrected chi connectivity index (χ3v) is 11.2. The van der Waals surface area contributed by atoms with Crippen LogP contribution in [0, 0.1) is 21.8 Å². The maximum atomic E-state index is 14.8. The monoisotopic (exact) mass is 611 g/mol. The number of rotatable bonds is 4. The zero-order valence-electron chi connectivity index (χ0n) is 23.8. The molecule has 1 saturated carbocycles. The molecule has 2 aromatic carbocycles. The van der Waals surface area contributed by atoms with Crippen molar-refractivity contribution in [2.24, 2.45) is 5.41 Å². The molecule has 0 radical (unpaired) electrons. The summed E-state index contributed by atoms with van der Waals surface area (Å²) in [6.45, 7) is 0.437. The van der Waals surface area contributed by atoms with Crippen LogP contribution in [0.2, 0.25) is 0 Å². The summed E-state index contributed by atoms with van der Waals surface area (Å²) >= 11 is 0. The Morgan fingerprint density at radius 2 is 1.81 bits per heavy atom. The Labute approximate surface area is 249 Å². The van der Waals surface area contributed by atoms with E-state index in [0.717, 1.165) is 36.6 Å². The van der Waals surface area contributed by atoms with Gasteiger partial charge in [-0.05, 0) is 37.5 Å². The summed E-state index contributed by atoms with van der Waals surface area (Å²) in [4.78, 5) is 34.7. The molecule has 43 heavy (non-hydrogen) atoms. The smallest absolute Gasteiger partial charge is 0.320 e. The van der Waals surface area contributed by atoms with Gasteiger partial charge in [-0.1, -0.05) is 43.2 Å². The van der Waals surface area contributed by atoms with Crippen molar-refractivity contribution >= 4 is 15.8 Å². The molecule has 12 heteroatoms. The van der Waals surface area contributed by atoms with Crippen LogP contribution in [-0.4, -0.2) is 71.4 Å². The van der Waals surface area contributed by atoms with Crippen LogP contribution < -0.4 is 5.56 Å². The number of hydrogen-bond donors (Lipinski definition) is 2. The molecular formula is C31H35F2N5O4S. The van der Waals surface area contributed by atoms with Crippen LogP contribution in [0.5, 0.6) is 0 Å². The summed E-state index contributed by atoms with van der Waals surface area (Å²) in [6, 6.07) is 12.3. The van der Waals surface area contributed by atoms with Crippen LogP contribution in [0.1, 0.15) is 43.7 Å². The number of benzene rings is 2. The number of amides is 2. The van der Waals surface area contributed by atoms with Crippen molar-refractivity contribution in [3.63, 3.8) is 0 Å². The van der Waals surface area contributed by atoms with Gasteiger partial charge in [0.15, 0.2) is 0 Å². The van der Waals surface area contributed by atoms with Crippen molar-refractivity contribution in [3.8, 4) is 11.3 Å². The molecule has 3 fully saturated rings. The van der Waals surface area contributed by atoms with Gasteiger partial charge in [-0.3, -0.25) is 14.1 Å². The number of carbonyl (C=O) groups is 1. The van der Waals surface area contributed by atoms with Gasteiger partial charge in [0.05, 0.1) is 36.0 Å². The fourth-order valence-corrected chi connectivity index (χ4v) is 8.65. The first-order valence-electron chi connectivity index (χ1n) is 14.6. The zero-order chi connectivity index (χ0) is 30.4. The number of aromatic nitrogens is 2. The first-order valence-corrected chi connectivity index (χ1v) is 16.5. The summed E-state index contributed by atoms with van der Waals surface area (Å²) in [6.07, 6.45) is 4.75. The van der Waals surface area contributed by atoms with Crippen LogP contribution in [0.3, 0.4) is 0 Å². The van der Waals surface area contributed by atoms with Gasteiger partial charge in [-0.15, -0.1) is 0 Å². The van der Waals surface area contributed by atoms with Crippen molar-refractivity contribution < 1.29 is 22.9 Å². The highest BCUT2D eigenvalue weighted by Crippen LogP contribution is 2.52. The molecule has 2 N–H and O–H groups in total. The number of nitrogens with one attached hydrogen (secondary N) is 1. The van der Waals surface area contributed by atoms with Gasteiger partial charge in [0.1, 0.15) is 11.6 Å². The summed E-state index contributed by atoms with van der Waals surface area (Å²) in [7, 11) is -3.09. The Morgan fingerprint density at radius 1 is 1.07 bits per heavy atom. The van der Waals surface area contributed by atoms with Crippen LogP contribution in [0.4, 0.5) is 13.6 Å². The van der Waals surface area contributed by atoms with Crippen molar-refractivity contribution in [2.75, 3.05) is 31.1 Å². The summed E-state index contributed by atoms with van der Waals surface area (Å²) in [5.74, 6) is -1.74. The van der Waals surface area contributed by atoms with Crippen molar-refractivity contribution in [1.29, 1.82) is 4.78 Å². The summed E-state index contributed by atoms with van der Waals surface area (Å²) in [5, 5.41) is 12.2. The molecule has 1 aliphatic carbocycles. The predicted molar refractivity (Wildman–Crippen MR) is 158 cm³/mol. The van der Waals surface area contributed by atoms with Gasteiger partial charge in [0.25, 0.3) is 5.56 Å². The van der Waals surface area contributed by atoms with E-state index in [9.17, 15) is 27.7 Å². The second-order valence-electron chi connectivity index (χ2n) is 12.1. The lowest BCUT2D eigenvalue weighted by Crippen LogP contribution is -2.64. The Bertz CT molecular complexity index is 1690. The van der Waals surface area contributed by atoms with Crippen LogP contribution in [0.25, 0.3) is 11.3 Å². The van der Waals surface area contributed by atoms with Crippen molar-refractivity contribution in [2.45, 2.75) is 50.3 Å². The minimum Gasteiger partial charge on any atom is -0.387 e. The molecule has 3 aliphatic rings. The van der Waals surface area contributed by atoms with Gasteiger partial charge in [-0.25, -0.2) is 22.8 Å². The molecule has 1 aromatic heterocycles. The van der Waals surface area contributed by atoms with Crippen LogP contribution in [-0.2, 0) is 16.3 Å². The number of carbonyl (C=O) groups excluding carboxylic acids is 1. The van der Waals surface area contributed by atoms with E-state index in [1.165, 1.54) is 21.9 Å². The fourth-order valence-electron chi connectivity index (χ4n) is 7.12. The predicted octanol–water partition coefficient (Wildman–Crippen LogP) is 4.41. The molecule has 1 unspecified atom stereocenters. The van der Waals surface area contributed by atoms with E-state index in [-0.39, 0.29) is 55.2 Å². The molecule has 3 aromatic rings. The van der Waals surface area contributed by atoms with Crippen molar-refractivity contribution in [3.05, 3.63) is 88.5 Å². The number of piperidine rings is 1. The lowest BCUT2D eigenvalue weighted by molar-refractivity contribution is -0.136. The number of aliphatic hydroxyl groups is 1. The fraction of sp³-hybridized carbons (Fsp3) is 0.452. The zero-order valence-corrected chi connectivity index (χ0v) is 24.6. The molecular weight excluding hydrogens is 576 g/mol. The average Bonchev–Trinajstić information content (AvgIpc) is 3.46. The lowest BCUT2D eigenvalue weighted by Gasteiger charge is -2.53. The highest BCUT2D eigenvalue weighted by molar-refractivity contribution is 7.92. The quantitative estimate of drug-likeness (QED) is 0.453. The molecule has 9 nitrogen and oxygen atoms in total. The third kappa shape index (κ3) is 5.58. The van der Waals surface area contributed by atoms with Gasteiger partial charge < -0.3 is 14.9 Å². The highest BCUT2D eigenvalue weighted by Gasteiger charge is 2.56.